The molecule has 172 valence electrons. The van der Waals surface area contributed by atoms with Crippen LogP contribution in [0.1, 0.15) is 40.4 Å². The van der Waals surface area contributed by atoms with Crippen molar-refractivity contribution in [3.63, 3.8) is 0 Å². The van der Waals surface area contributed by atoms with Crippen LogP contribution in [-0.2, 0) is 6.61 Å². The molecule has 0 N–H and O–H groups in total. The molecule has 0 bridgehead atoms. The van der Waals surface area contributed by atoms with E-state index in [0.29, 0.717) is 23.6 Å². The molecule has 7 nitrogen and oxygen atoms in total. The van der Waals surface area contributed by atoms with Gasteiger partial charge in [-0.15, -0.1) is 0 Å². The zero-order valence-electron chi connectivity index (χ0n) is 19.4. The highest BCUT2D eigenvalue weighted by Crippen LogP contribution is 2.35. The number of hydrogen-bond donors (Lipinski definition) is 0. The normalized spacial score (nSPS) is 15.7. The third kappa shape index (κ3) is 5.25. The number of rotatable bonds is 7. The summed E-state index contributed by atoms with van der Waals surface area (Å²) in [5.41, 5.74) is 2.51. The summed E-state index contributed by atoms with van der Waals surface area (Å²) in [6.45, 7) is 1.64. The van der Waals surface area contributed by atoms with E-state index in [4.69, 9.17) is 9.47 Å². The Kier molecular flexibility index (Phi) is 7.07. The minimum absolute atomic E-state index is 0.0449. The van der Waals surface area contributed by atoms with E-state index in [-0.39, 0.29) is 18.4 Å². The molecular formula is C26H30N4O3. The molecule has 33 heavy (non-hydrogen) atoms. The van der Waals surface area contributed by atoms with E-state index in [1.165, 1.54) is 5.56 Å². The van der Waals surface area contributed by atoms with E-state index in [2.05, 4.69) is 22.1 Å². The highest BCUT2D eigenvalue weighted by molar-refractivity contribution is 5.98. The van der Waals surface area contributed by atoms with E-state index >= 15 is 0 Å². The fourth-order valence-electron chi connectivity index (χ4n) is 4.16. The maximum atomic E-state index is 13.6. The predicted molar refractivity (Wildman–Crippen MR) is 128 cm³/mol. The van der Waals surface area contributed by atoms with Crippen LogP contribution in [0.15, 0.2) is 60.9 Å². The monoisotopic (exact) mass is 446 g/mol. The number of anilines is 1. The Hall–Kier alpha value is -3.61. The van der Waals surface area contributed by atoms with Gasteiger partial charge in [0.05, 0.1) is 18.4 Å². The second kappa shape index (κ2) is 10.3. The zero-order valence-corrected chi connectivity index (χ0v) is 19.4. The summed E-state index contributed by atoms with van der Waals surface area (Å²) < 4.78 is 11.6. The number of para-hydroxylation sites is 1. The maximum Gasteiger partial charge on any atom is 0.257 e. The number of ether oxygens (including phenoxy) is 2. The van der Waals surface area contributed by atoms with E-state index in [1.54, 1.807) is 19.4 Å². The summed E-state index contributed by atoms with van der Waals surface area (Å²) in [6.07, 6.45) is 5.56. The first kappa shape index (κ1) is 22.6. The smallest absolute Gasteiger partial charge is 0.257 e. The number of methoxy groups -OCH3 is 1. The van der Waals surface area contributed by atoms with Gasteiger partial charge in [0.1, 0.15) is 12.4 Å². The SMILES string of the molecule is COc1cccc(C(=O)N2CCCC(c3ccnc(N(C)C)c3)C2)c1OCc1ccccn1. The largest absolute Gasteiger partial charge is 0.493 e. The number of hydrogen-bond acceptors (Lipinski definition) is 6. The van der Waals surface area contributed by atoms with Gasteiger partial charge in [-0.25, -0.2) is 4.98 Å². The first-order valence-electron chi connectivity index (χ1n) is 11.2. The number of nitrogens with zero attached hydrogens (tertiary/aromatic N) is 4. The number of carbonyl (C=O) groups excluding carboxylic acids is 1. The summed E-state index contributed by atoms with van der Waals surface area (Å²) >= 11 is 0. The topological polar surface area (TPSA) is 67.8 Å². The molecule has 1 aliphatic rings. The van der Waals surface area contributed by atoms with Crippen molar-refractivity contribution in [2.45, 2.75) is 25.4 Å². The molecule has 3 aromatic rings. The molecule has 0 aliphatic carbocycles. The van der Waals surface area contributed by atoms with Gasteiger partial charge >= 0.3 is 0 Å². The van der Waals surface area contributed by atoms with Gasteiger partial charge in [0.15, 0.2) is 11.5 Å². The van der Waals surface area contributed by atoms with Gasteiger partial charge in [0, 0.05) is 45.5 Å². The summed E-state index contributed by atoms with van der Waals surface area (Å²) in [5.74, 6) is 2.14. The van der Waals surface area contributed by atoms with Crippen LogP contribution in [0.25, 0.3) is 0 Å². The number of benzene rings is 1. The van der Waals surface area contributed by atoms with Crippen LogP contribution < -0.4 is 14.4 Å². The number of carbonyl (C=O) groups is 1. The maximum absolute atomic E-state index is 13.6. The summed E-state index contributed by atoms with van der Waals surface area (Å²) in [5, 5.41) is 0. The third-order valence-corrected chi connectivity index (χ3v) is 5.93. The molecule has 3 heterocycles. The molecule has 1 fully saturated rings. The van der Waals surface area contributed by atoms with E-state index in [0.717, 1.165) is 30.9 Å². The molecule has 4 rings (SSSR count). The van der Waals surface area contributed by atoms with Crippen molar-refractivity contribution in [3.8, 4) is 11.5 Å². The van der Waals surface area contributed by atoms with Crippen LogP contribution in [0, 0.1) is 0 Å². The molecule has 1 atom stereocenters. The van der Waals surface area contributed by atoms with Crippen LogP contribution in [-0.4, -0.2) is 55.1 Å². The summed E-state index contributed by atoms with van der Waals surface area (Å²) in [4.78, 5) is 26.3. The average molecular weight is 447 g/mol. The van der Waals surface area contributed by atoms with Crippen LogP contribution in [0.5, 0.6) is 11.5 Å². The standard InChI is InChI=1S/C26H30N4O3/c1-29(2)24-16-19(12-14-28-24)20-8-7-15-30(17-20)26(31)22-10-6-11-23(32-3)25(22)33-18-21-9-4-5-13-27-21/h4-6,9-14,16,20H,7-8,15,17-18H2,1-3H3. The first-order chi connectivity index (χ1) is 16.1. The van der Waals surface area contributed by atoms with Gasteiger partial charge in [-0.1, -0.05) is 12.1 Å². The molecule has 1 aliphatic heterocycles. The average Bonchev–Trinajstić information content (AvgIpc) is 2.87. The Morgan fingerprint density at radius 1 is 1.12 bits per heavy atom. The van der Waals surface area contributed by atoms with Crippen LogP contribution in [0.3, 0.4) is 0 Å². The van der Waals surface area contributed by atoms with E-state index in [1.807, 2.05) is 60.4 Å². The lowest BCUT2D eigenvalue weighted by Crippen LogP contribution is -2.39. The lowest BCUT2D eigenvalue weighted by Gasteiger charge is -2.33. The Balaban J connectivity index is 1.55. The van der Waals surface area contributed by atoms with Crippen molar-refractivity contribution >= 4 is 11.7 Å². The van der Waals surface area contributed by atoms with Gasteiger partial charge in [0.2, 0.25) is 0 Å². The molecule has 0 spiro atoms. The van der Waals surface area contributed by atoms with Crippen LogP contribution >= 0.6 is 0 Å². The molecule has 1 saturated heterocycles. The summed E-state index contributed by atoms with van der Waals surface area (Å²) in [6, 6.07) is 15.3. The van der Waals surface area contributed by atoms with Crippen LogP contribution in [0.2, 0.25) is 0 Å². The van der Waals surface area contributed by atoms with Gasteiger partial charge in [-0.05, 0) is 54.8 Å². The van der Waals surface area contributed by atoms with Gasteiger partial charge < -0.3 is 19.3 Å². The molecular weight excluding hydrogens is 416 g/mol. The number of amides is 1. The predicted octanol–water partition coefficient (Wildman–Crippen LogP) is 4.15. The lowest BCUT2D eigenvalue weighted by molar-refractivity contribution is 0.0701. The van der Waals surface area contributed by atoms with Crippen molar-refractivity contribution in [2.24, 2.45) is 0 Å². The number of piperidine rings is 1. The van der Waals surface area contributed by atoms with Crippen LogP contribution in [0.4, 0.5) is 5.82 Å². The van der Waals surface area contributed by atoms with Crippen molar-refractivity contribution in [1.82, 2.24) is 14.9 Å². The number of likely N-dealkylation sites (tertiary alicyclic amines) is 1. The molecule has 7 heteroatoms. The van der Waals surface area contributed by atoms with Crippen molar-refractivity contribution in [2.75, 3.05) is 39.2 Å². The van der Waals surface area contributed by atoms with Crippen molar-refractivity contribution in [3.05, 3.63) is 77.7 Å². The highest BCUT2D eigenvalue weighted by atomic mass is 16.5. The molecule has 1 unspecified atom stereocenters. The summed E-state index contributed by atoms with van der Waals surface area (Å²) in [7, 11) is 5.55. The van der Waals surface area contributed by atoms with Gasteiger partial charge in [0.25, 0.3) is 5.91 Å². The second-order valence-corrected chi connectivity index (χ2v) is 8.38. The Morgan fingerprint density at radius 2 is 2.00 bits per heavy atom. The quantitative estimate of drug-likeness (QED) is 0.543. The number of aromatic nitrogens is 2. The lowest BCUT2D eigenvalue weighted by atomic mass is 9.90. The van der Waals surface area contributed by atoms with Crippen molar-refractivity contribution < 1.29 is 14.3 Å². The first-order valence-corrected chi connectivity index (χ1v) is 11.2. The molecule has 2 aromatic heterocycles. The Bertz CT molecular complexity index is 1090. The fraction of sp³-hybridized carbons (Fsp3) is 0.346. The Labute approximate surface area is 195 Å². The zero-order chi connectivity index (χ0) is 23.2. The minimum atomic E-state index is -0.0449. The van der Waals surface area contributed by atoms with E-state index in [9.17, 15) is 4.79 Å². The molecule has 1 aromatic carbocycles. The fourth-order valence-corrected chi connectivity index (χ4v) is 4.16. The van der Waals surface area contributed by atoms with Gasteiger partial charge in [-0.3, -0.25) is 9.78 Å². The molecule has 0 radical (unpaired) electrons. The van der Waals surface area contributed by atoms with Gasteiger partial charge in [-0.2, -0.15) is 0 Å². The second-order valence-electron chi connectivity index (χ2n) is 8.38. The highest BCUT2D eigenvalue weighted by Gasteiger charge is 2.28. The Morgan fingerprint density at radius 3 is 2.76 bits per heavy atom. The van der Waals surface area contributed by atoms with Crippen molar-refractivity contribution in [1.29, 1.82) is 0 Å². The third-order valence-electron chi connectivity index (χ3n) is 5.93. The molecule has 0 saturated carbocycles. The molecule has 1 amide bonds. The minimum Gasteiger partial charge on any atom is -0.493 e. The van der Waals surface area contributed by atoms with E-state index < -0.39 is 0 Å². The number of pyridine rings is 2.